The third-order valence-electron chi connectivity index (χ3n) is 8.43. The summed E-state index contributed by atoms with van der Waals surface area (Å²) in [5.41, 5.74) is 0.392. The lowest BCUT2D eigenvalue weighted by Gasteiger charge is -2.65. The van der Waals surface area contributed by atoms with Gasteiger partial charge < -0.3 is 19.0 Å². The van der Waals surface area contributed by atoms with Crippen molar-refractivity contribution in [1.29, 1.82) is 0 Å². The van der Waals surface area contributed by atoms with Gasteiger partial charge in [-0.05, 0) is 61.0 Å². The van der Waals surface area contributed by atoms with Gasteiger partial charge in [-0.15, -0.1) is 0 Å². The van der Waals surface area contributed by atoms with Gasteiger partial charge in [-0.2, -0.15) is 0 Å². The number of carbonyl (C=O) groups is 1. The summed E-state index contributed by atoms with van der Waals surface area (Å²) in [5, 5.41) is 10.7. The summed E-state index contributed by atoms with van der Waals surface area (Å²) in [5.74, 6) is 2.44. The molecule has 0 spiro atoms. The molecule has 1 aromatic heterocycles. The van der Waals surface area contributed by atoms with E-state index in [-0.39, 0.29) is 17.3 Å². The van der Waals surface area contributed by atoms with Crippen LogP contribution in [0.2, 0.25) is 0 Å². The first-order valence-electron chi connectivity index (χ1n) is 9.99. The number of ether oxygens (including phenoxy) is 2. The van der Waals surface area contributed by atoms with E-state index in [1.54, 1.807) is 0 Å². The van der Waals surface area contributed by atoms with E-state index in [9.17, 15) is 9.90 Å². The monoisotopic (exact) mass is 360 g/mol. The highest BCUT2D eigenvalue weighted by atomic mass is 16.6. The lowest BCUT2D eigenvalue weighted by Crippen LogP contribution is -2.68. The average molecular weight is 360 g/mol. The van der Waals surface area contributed by atoms with Crippen LogP contribution >= 0.6 is 0 Å². The summed E-state index contributed by atoms with van der Waals surface area (Å²) in [4.78, 5) is 12.9. The summed E-state index contributed by atoms with van der Waals surface area (Å²) in [6.07, 6.45) is 6.40. The molecule has 5 nitrogen and oxygen atoms in total. The first kappa shape index (κ1) is 16.8. The molecule has 7 atom stereocenters. The Morgan fingerprint density at radius 2 is 2.19 bits per heavy atom. The van der Waals surface area contributed by atoms with Crippen molar-refractivity contribution < 1.29 is 23.8 Å². The van der Waals surface area contributed by atoms with Crippen molar-refractivity contribution in [2.45, 2.75) is 57.7 Å². The molecule has 2 heterocycles. The van der Waals surface area contributed by atoms with Gasteiger partial charge in [0.2, 0.25) is 0 Å². The SMILES string of the molecule is COC(=O)C12CCCC3(COC1O)C1Cc4occc4C(C)C1CCC32. The van der Waals surface area contributed by atoms with Gasteiger partial charge in [-0.3, -0.25) is 4.79 Å². The molecule has 2 bridgehead atoms. The van der Waals surface area contributed by atoms with Crippen molar-refractivity contribution >= 4 is 5.97 Å². The molecule has 0 radical (unpaired) electrons. The van der Waals surface area contributed by atoms with E-state index in [2.05, 4.69) is 13.0 Å². The van der Waals surface area contributed by atoms with Crippen LogP contribution in [0.1, 0.15) is 56.3 Å². The molecule has 1 aromatic rings. The number of fused-ring (bicyclic) bond motifs is 2. The maximum Gasteiger partial charge on any atom is 0.317 e. The Balaban J connectivity index is 1.61. The van der Waals surface area contributed by atoms with Crippen molar-refractivity contribution in [3.63, 3.8) is 0 Å². The van der Waals surface area contributed by atoms with Crippen LogP contribution in [0.15, 0.2) is 16.7 Å². The quantitative estimate of drug-likeness (QED) is 0.779. The second-order valence-corrected chi connectivity index (χ2v) is 8.97. The van der Waals surface area contributed by atoms with Crippen LogP contribution in [0.5, 0.6) is 0 Å². The Labute approximate surface area is 154 Å². The highest BCUT2D eigenvalue weighted by molar-refractivity contribution is 5.78. The Bertz CT molecular complexity index is 726. The number of aliphatic hydroxyl groups is 1. The Morgan fingerprint density at radius 1 is 1.35 bits per heavy atom. The number of aliphatic hydroxyl groups excluding tert-OH is 1. The lowest BCUT2D eigenvalue weighted by atomic mass is 9.41. The van der Waals surface area contributed by atoms with Crippen molar-refractivity contribution in [2.75, 3.05) is 13.7 Å². The highest BCUT2D eigenvalue weighted by Crippen LogP contribution is 2.68. The van der Waals surface area contributed by atoms with Crippen LogP contribution in [0, 0.1) is 28.6 Å². The van der Waals surface area contributed by atoms with E-state index in [0.29, 0.717) is 30.8 Å². The van der Waals surface area contributed by atoms with Crippen LogP contribution in [0.25, 0.3) is 0 Å². The lowest BCUT2D eigenvalue weighted by molar-refractivity contribution is -0.309. The van der Waals surface area contributed by atoms with Crippen LogP contribution in [0.4, 0.5) is 0 Å². The average Bonchev–Trinajstić information content (AvgIpc) is 3.13. The van der Waals surface area contributed by atoms with Gasteiger partial charge in [-0.1, -0.05) is 13.3 Å². The molecule has 1 saturated heterocycles. The van der Waals surface area contributed by atoms with Crippen molar-refractivity contribution in [2.24, 2.45) is 28.6 Å². The fourth-order valence-corrected chi connectivity index (χ4v) is 7.35. The largest absolute Gasteiger partial charge is 0.469 e. The molecule has 0 amide bonds. The number of hydrogen-bond donors (Lipinski definition) is 1. The van der Waals surface area contributed by atoms with E-state index in [4.69, 9.17) is 13.9 Å². The van der Waals surface area contributed by atoms with Gasteiger partial charge in [-0.25, -0.2) is 0 Å². The number of rotatable bonds is 1. The summed E-state index contributed by atoms with van der Waals surface area (Å²) in [7, 11) is 1.43. The third kappa shape index (κ3) is 1.86. The van der Waals surface area contributed by atoms with Gasteiger partial charge in [0.1, 0.15) is 11.2 Å². The van der Waals surface area contributed by atoms with Gasteiger partial charge in [0, 0.05) is 11.8 Å². The molecule has 26 heavy (non-hydrogen) atoms. The van der Waals surface area contributed by atoms with Crippen LogP contribution in [0.3, 0.4) is 0 Å². The maximum atomic E-state index is 12.9. The number of methoxy groups -OCH3 is 1. The molecule has 5 heteroatoms. The zero-order chi connectivity index (χ0) is 18.1. The summed E-state index contributed by atoms with van der Waals surface area (Å²) < 4.78 is 16.9. The van der Waals surface area contributed by atoms with Crippen molar-refractivity contribution in [1.82, 2.24) is 0 Å². The van der Waals surface area contributed by atoms with Gasteiger partial charge in [0.25, 0.3) is 0 Å². The van der Waals surface area contributed by atoms with E-state index < -0.39 is 11.7 Å². The molecule has 7 unspecified atom stereocenters. The normalized spacial score (nSPS) is 46.7. The van der Waals surface area contributed by atoms with Gasteiger partial charge in [0.05, 0.1) is 20.0 Å². The first-order chi connectivity index (χ1) is 12.5. The Kier molecular flexibility index (Phi) is 3.61. The summed E-state index contributed by atoms with van der Waals surface area (Å²) in [6.45, 7) is 2.86. The molecule has 0 aromatic carbocycles. The number of furan rings is 1. The second kappa shape index (κ2) is 5.59. The molecule has 1 aliphatic heterocycles. The van der Waals surface area contributed by atoms with Crippen LogP contribution < -0.4 is 0 Å². The topological polar surface area (TPSA) is 68.9 Å². The van der Waals surface area contributed by atoms with E-state index in [1.807, 2.05) is 6.26 Å². The third-order valence-corrected chi connectivity index (χ3v) is 8.43. The Hall–Kier alpha value is -1.33. The molecule has 3 aliphatic carbocycles. The maximum absolute atomic E-state index is 12.9. The molecule has 142 valence electrons. The molecule has 4 aliphatic rings. The molecular weight excluding hydrogens is 332 g/mol. The number of hydrogen-bond acceptors (Lipinski definition) is 5. The van der Waals surface area contributed by atoms with Gasteiger partial charge in [0.15, 0.2) is 6.29 Å². The standard InChI is InChI=1S/C21H28O5/c1-12-13-4-5-17-20(15(13)10-16-14(12)6-9-25-16)7-3-8-21(17,18(22)24-2)19(23)26-11-20/h6,9,12-13,15,17,19,23H,3-5,7-8,10-11H2,1-2H3. The first-order valence-corrected chi connectivity index (χ1v) is 9.99. The second-order valence-electron chi connectivity index (χ2n) is 8.97. The molecular formula is C21H28O5. The fourth-order valence-electron chi connectivity index (χ4n) is 7.35. The van der Waals surface area contributed by atoms with Gasteiger partial charge >= 0.3 is 5.97 Å². The van der Waals surface area contributed by atoms with Crippen LogP contribution in [-0.4, -0.2) is 31.1 Å². The summed E-state index contributed by atoms with van der Waals surface area (Å²) in [6, 6.07) is 2.13. The number of carbonyl (C=O) groups excluding carboxylic acids is 1. The van der Waals surface area contributed by atoms with E-state index in [1.165, 1.54) is 12.7 Å². The number of esters is 1. The molecule has 3 fully saturated rings. The molecule has 1 N–H and O–H groups in total. The minimum atomic E-state index is -1.05. The fraction of sp³-hybridized carbons (Fsp3) is 0.762. The highest BCUT2D eigenvalue weighted by Gasteiger charge is 2.69. The molecule has 2 saturated carbocycles. The van der Waals surface area contributed by atoms with Crippen molar-refractivity contribution in [3.05, 3.63) is 23.7 Å². The van der Waals surface area contributed by atoms with E-state index >= 15 is 0 Å². The zero-order valence-corrected chi connectivity index (χ0v) is 15.6. The minimum Gasteiger partial charge on any atom is -0.469 e. The zero-order valence-electron chi connectivity index (χ0n) is 15.6. The Morgan fingerprint density at radius 3 is 3.00 bits per heavy atom. The van der Waals surface area contributed by atoms with E-state index in [0.717, 1.165) is 37.9 Å². The molecule has 5 rings (SSSR count). The van der Waals surface area contributed by atoms with Crippen LogP contribution in [-0.2, 0) is 20.7 Å². The summed E-state index contributed by atoms with van der Waals surface area (Å²) >= 11 is 0. The minimum absolute atomic E-state index is 0.0622. The smallest absolute Gasteiger partial charge is 0.317 e. The predicted molar refractivity (Wildman–Crippen MR) is 93.2 cm³/mol. The van der Waals surface area contributed by atoms with Crippen molar-refractivity contribution in [3.8, 4) is 0 Å². The predicted octanol–water partition coefficient (Wildman–Crippen LogP) is 3.26.